The molecule has 0 spiro atoms. The third-order valence-corrected chi connectivity index (χ3v) is 6.67. The molecule has 5 rings (SSSR count). The molecule has 0 saturated carbocycles. The molecular formula is C29H32N4O5. The number of fused-ring (bicyclic) bond motifs is 2. The van der Waals surface area contributed by atoms with E-state index in [2.05, 4.69) is 10.2 Å². The molecule has 2 heterocycles. The van der Waals surface area contributed by atoms with E-state index in [0.717, 1.165) is 52.9 Å². The summed E-state index contributed by atoms with van der Waals surface area (Å²) in [5, 5.41) is 2.98. The lowest BCUT2D eigenvalue weighted by Gasteiger charge is -2.25. The number of urea groups is 1. The van der Waals surface area contributed by atoms with Gasteiger partial charge in [-0.2, -0.15) is 0 Å². The van der Waals surface area contributed by atoms with Crippen LogP contribution in [0.1, 0.15) is 17.5 Å². The molecule has 0 atom stereocenters. The minimum atomic E-state index is -0.170. The maximum Gasteiger partial charge on any atom is 0.321 e. The molecule has 1 fully saturated rings. The quantitative estimate of drug-likeness (QED) is 0.497. The average Bonchev–Trinajstić information content (AvgIpc) is 3.27. The molecule has 0 aliphatic carbocycles. The first-order valence-electron chi connectivity index (χ1n) is 12.6. The fourth-order valence-electron chi connectivity index (χ4n) is 4.64. The number of hydrogen-bond acceptors (Lipinski definition) is 7. The molecule has 38 heavy (non-hydrogen) atoms. The Kier molecular flexibility index (Phi) is 7.26. The van der Waals surface area contributed by atoms with Gasteiger partial charge >= 0.3 is 6.03 Å². The highest BCUT2D eigenvalue weighted by Gasteiger charge is 2.27. The van der Waals surface area contributed by atoms with Crippen LogP contribution in [0, 0.1) is 6.92 Å². The van der Waals surface area contributed by atoms with Gasteiger partial charge < -0.3 is 34.1 Å². The average molecular weight is 517 g/mol. The zero-order valence-corrected chi connectivity index (χ0v) is 22.1. The predicted molar refractivity (Wildman–Crippen MR) is 147 cm³/mol. The Morgan fingerprint density at radius 3 is 2.34 bits per heavy atom. The van der Waals surface area contributed by atoms with Crippen molar-refractivity contribution < 1.29 is 23.7 Å². The van der Waals surface area contributed by atoms with E-state index in [4.69, 9.17) is 23.9 Å². The molecule has 2 aliphatic rings. The second-order valence-corrected chi connectivity index (χ2v) is 9.23. The van der Waals surface area contributed by atoms with Gasteiger partial charge in [-0.15, -0.1) is 0 Å². The van der Waals surface area contributed by atoms with E-state index in [9.17, 15) is 4.79 Å². The number of rotatable bonds is 4. The first-order chi connectivity index (χ1) is 18.5. The van der Waals surface area contributed by atoms with Crippen LogP contribution in [0.4, 0.5) is 16.2 Å². The van der Waals surface area contributed by atoms with E-state index in [1.165, 1.54) is 0 Å². The van der Waals surface area contributed by atoms with Crippen molar-refractivity contribution in [1.29, 1.82) is 0 Å². The Labute approximate surface area is 222 Å². The Morgan fingerprint density at radius 2 is 1.61 bits per heavy atom. The monoisotopic (exact) mass is 516 g/mol. The summed E-state index contributed by atoms with van der Waals surface area (Å²) in [5.74, 6) is 4.20. The summed E-state index contributed by atoms with van der Waals surface area (Å²) in [6, 6.07) is 16.9. The molecule has 1 N–H and O–H groups in total. The number of aryl methyl sites for hydroxylation is 1. The minimum Gasteiger partial charge on any atom is -0.497 e. The third kappa shape index (κ3) is 5.32. The highest BCUT2D eigenvalue weighted by molar-refractivity contribution is 6.04. The van der Waals surface area contributed by atoms with Gasteiger partial charge in [-0.25, -0.2) is 9.79 Å². The molecule has 9 nitrogen and oxygen atoms in total. The number of nitrogens with one attached hydrogen (secondary N) is 1. The molecule has 2 aliphatic heterocycles. The Bertz CT molecular complexity index is 1350. The first-order valence-corrected chi connectivity index (χ1v) is 12.6. The zero-order valence-electron chi connectivity index (χ0n) is 22.1. The molecule has 0 unspecified atom stereocenters. The summed E-state index contributed by atoms with van der Waals surface area (Å²) < 4.78 is 22.5. The largest absolute Gasteiger partial charge is 0.497 e. The van der Waals surface area contributed by atoms with Crippen LogP contribution < -0.4 is 24.3 Å². The third-order valence-electron chi connectivity index (χ3n) is 6.67. The molecule has 3 aromatic rings. The number of aliphatic imine (C=N–C) groups is 1. The van der Waals surface area contributed by atoms with Crippen LogP contribution in [0.15, 0.2) is 59.6 Å². The van der Waals surface area contributed by atoms with Crippen LogP contribution in [0.25, 0.3) is 0 Å². The van der Waals surface area contributed by atoms with Gasteiger partial charge in [0.1, 0.15) is 34.5 Å². The lowest BCUT2D eigenvalue weighted by molar-refractivity contribution is 0.214. The van der Waals surface area contributed by atoms with Gasteiger partial charge in [0.15, 0.2) is 5.75 Å². The van der Waals surface area contributed by atoms with Crippen LogP contribution in [-0.2, 0) is 0 Å². The van der Waals surface area contributed by atoms with Crippen molar-refractivity contribution in [2.45, 2.75) is 13.3 Å². The van der Waals surface area contributed by atoms with Gasteiger partial charge in [0.2, 0.25) is 0 Å². The van der Waals surface area contributed by atoms with E-state index >= 15 is 0 Å². The zero-order chi connectivity index (χ0) is 26.6. The molecular weight excluding hydrogens is 484 g/mol. The van der Waals surface area contributed by atoms with E-state index < -0.39 is 0 Å². The number of amidine groups is 1. The second kappa shape index (κ2) is 10.9. The van der Waals surface area contributed by atoms with Crippen molar-refractivity contribution in [1.82, 2.24) is 9.80 Å². The fraction of sp³-hybridized carbons (Fsp3) is 0.310. The van der Waals surface area contributed by atoms with Crippen LogP contribution in [0.5, 0.6) is 28.7 Å². The molecule has 0 radical (unpaired) electrons. The highest BCUT2D eigenvalue weighted by Crippen LogP contribution is 2.40. The fourth-order valence-corrected chi connectivity index (χ4v) is 4.64. The maximum atomic E-state index is 13.2. The summed E-state index contributed by atoms with van der Waals surface area (Å²) in [7, 11) is 4.81. The molecule has 1 saturated heterocycles. The minimum absolute atomic E-state index is 0.170. The molecule has 0 aromatic heterocycles. The van der Waals surface area contributed by atoms with E-state index in [1.807, 2.05) is 48.2 Å². The van der Waals surface area contributed by atoms with Crippen molar-refractivity contribution in [2.24, 2.45) is 4.99 Å². The van der Waals surface area contributed by atoms with E-state index in [0.29, 0.717) is 36.8 Å². The van der Waals surface area contributed by atoms with Crippen LogP contribution >= 0.6 is 0 Å². The standard InChI is InChI=1S/C29H32N4O5/c1-19-6-8-25-27(14-19)38-26-9-7-21(35-2)18-24(26)28(31-25)32-10-5-11-33(13-12-32)29(34)30-20-15-22(36-3)17-23(16-20)37-4/h6-9,14-18H,5,10-13H2,1-4H3,(H,30,34). The van der Waals surface area contributed by atoms with Crippen LogP contribution in [0.3, 0.4) is 0 Å². The van der Waals surface area contributed by atoms with E-state index in [-0.39, 0.29) is 6.03 Å². The van der Waals surface area contributed by atoms with Gasteiger partial charge in [0.05, 0.1) is 26.9 Å². The van der Waals surface area contributed by atoms with E-state index in [1.54, 1.807) is 39.5 Å². The van der Waals surface area contributed by atoms with Gasteiger partial charge in [0.25, 0.3) is 0 Å². The number of amides is 2. The van der Waals surface area contributed by atoms with Crippen molar-refractivity contribution in [3.63, 3.8) is 0 Å². The summed E-state index contributed by atoms with van der Waals surface area (Å²) >= 11 is 0. The number of carbonyl (C=O) groups excluding carboxylic acids is 1. The van der Waals surface area contributed by atoms with Crippen LogP contribution in [-0.4, -0.2) is 69.2 Å². The van der Waals surface area contributed by atoms with Gasteiger partial charge in [-0.05, 0) is 49.2 Å². The molecule has 3 aromatic carbocycles. The number of hydrogen-bond donors (Lipinski definition) is 1. The topological polar surface area (TPSA) is 84.9 Å². The lowest BCUT2D eigenvalue weighted by Crippen LogP contribution is -2.39. The smallest absolute Gasteiger partial charge is 0.321 e. The predicted octanol–water partition coefficient (Wildman–Crippen LogP) is 5.44. The lowest BCUT2D eigenvalue weighted by atomic mass is 10.1. The summed E-state index contributed by atoms with van der Waals surface area (Å²) in [6.45, 7) is 4.55. The van der Waals surface area contributed by atoms with Crippen molar-refractivity contribution in [3.8, 4) is 28.7 Å². The molecule has 2 amide bonds. The number of benzene rings is 3. The highest BCUT2D eigenvalue weighted by atomic mass is 16.5. The normalized spacial score (nSPS) is 14.7. The van der Waals surface area contributed by atoms with Crippen molar-refractivity contribution in [2.75, 3.05) is 52.8 Å². The van der Waals surface area contributed by atoms with Crippen molar-refractivity contribution >= 4 is 23.2 Å². The van der Waals surface area contributed by atoms with Gasteiger partial charge in [-0.3, -0.25) is 0 Å². The molecule has 0 bridgehead atoms. The number of carbonyl (C=O) groups is 1. The second-order valence-electron chi connectivity index (χ2n) is 9.23. The Morgan fingerprint density at radius 1 is 0.842 bits per heavy atom. The Balaban J connectivity index is 1.38. The SMILES string of the molecule is COc1cc(NC(=O)N2CCCN(C3=Nc4ccc(C)cc4Oc4ccc(OC)cc43)CC2)cc(OC)c1. The number of anilines is 1. The molecule has 9 heteroatoms. The van der Waals surface area contributed by atoms with Gasteiger partial charge in [0, 0.05) is 50.1 Å². The molecule has 198 valence electrons. The Hall–Kier alpha value is -4.40. The van der Waals surface area contributed by atoms with Crippen LogP contribution in [0.2, 0.25) is 0 Å². The first kappa shape index (κ1) is 25.3. The number of methoxy groups -OCH3 is 3. The summed E-state index contributed by atoms with van der Waals surface area (Å²) in [6.07, 6.45) is 0.786. The summed E-state index contributed by atoms with van der Waals surface area (Å²) in [5.41, 5.74) is 3.35. The number of ether oxygens (including phenoxy) is 4. The van der Waals surface area contributed by atoms with Gasteiger partial charge in [-0.1, -0.05) is 6.07 Å². The van der Waals surface area contributed by atoms with Crippen molar-refractivity contribution in [3.05, 3.63) is 65.7 Å². The maximum absolute atomic E-state index is 13.2. The number of nitrogens with zero attached hydrogens (tertiary/aromatic N) is 3. The summed E-state index contributed by atoms with van der Waals surface area (Å²) in [4.78, 5) is 22.3.